The number of aryl methyl sites for hydroxylation is 2. The molecule has 3 N–H and O–H groups in total. The highest BCUT2D eigenvalue weighted by atomic mass is 79.9. The predicted octanol–water partition coefficient (Wildman–Crippen LogP) is 8.62. The zero-order valence-corrected chi connectivity index (χ0v) is 27.3. The molecule has 6 nitrogen and oxygen atoms in total. The van der Waals surface area contributed by atoms with Crippen molar-refractivity contribution in [2.45, 2.75) is 96.8 Å². The maximum Gasteiger partial charge on any atom is 0.303 e. The second-order valence-electron chi connectivity index (χ2n) is 8.58. The maximum absolute atomic E-state index is 10.0. The van der Waals surface area contributed by atoms with Crippen LogP contribution in [0.1, 0.15) is 93.7 Å². The Morgan fingerprint density at radius 2 is 1.29 bits per heavy atom. The summed E-state index contributed by atoms with van der Waals surface area (Å²) in [5.74, 6) is 0.564. The highest BCUT2D eigenvalue weighted by molar-refractivity contribution is 9.09. The monoisotopic (exact) mass is 658 g/mol. The molecule has 38 heavy (non-hydrogen) atoms. The Bertz CT molecular complexity index is 701. The standard InChI is InChI=1S/C9H11Cl.C7H14O2S.C6H11BrO2.C6H12O2S/c1-7-3-4-9(6-10)8(2)5-7;1-10-6-4-2-3-5-7(8)9;7-5-3-1-2-4-6(8)9;7-6(8)4-2-1-3-5-9/h3-5H,6H2,1-2H3;2-6H2,1H3,(H,8,9);1-5H2,(H,8,9);9H,1-5H2,(H,7,8). The Morgan fingerprint density at radius 3 is 1.66 bits per heavy atom. The van der Waals surface area contributed by atoms with Crippen molar-refractivity contribution in [3.05, 3.63) is 34.9 Å². The first-order valence-electron chi connectivity index (χ1n) is 13.0. The van der Waals surface area contributed by atoms with Crippen LogP contribution in [0.15, 0.2) is 18.2 Å². The average Bonchev–Trinajstić information content (AvgIpc) is 2.85. The van der Waals surface area contributed by atoms with Gasteiger partial charge in [-0.05, 0) is 81.3 Å². The van der Waals surface area contributed by atoms with E-state index in [9.17, 15) is 14.4 Å². The van der Waals surface area contributed by atoms with Crippen LogP contribution < -0.4 is 0 Å². The van der Waals surface area contributed by atoms with E-state index in [0.717, 1.165) is 74.6 Å². The summed E-state index contributed by atoms with van der Waals surface area (Å²) < 4.78 is 0. The number of thioether (sulfide) groups is 1. The van der Waals surface area contributed by atoms with E-state index in [1.165, 1.54) is 16.7 Å². The molecule has 0 fully saturated rings. The molecule has 0 radical (unpaired) electrons. The van der Waals surface area contributed by atoms with Crippen LogP contribution >= 0.6 is 51.9 Å². The second-order valence-corrected chi connectivity index (χ2v) is 11.1. The Hall–Kier alpha value is -0.900. The number of aliphatic carboxylic acids is 3. The van der Waals surface area contributed by atoms with Gasteiger partial charge in [-0.3, -0.25) is 14.4 Å². The van der Waals surface area contributed by atoms with E-state index in [2.05, 4.69) is 66.9 Å². The molecule has 1 rings (SSSR count). The van der Waals surface area contributed by atoms with Gasteiger partial charge in [0.1, 0.15) is 0 Å². The van der Waals surface area contributed by atoms with E-state index in [0.29, 0.717) is 25.1 Å². The normalized spacial score (nSPS) is 9.63. The summed E-state index contributed by atoms with van der Waals surface area (Å²) in [7, 11) is 0. The summed E-state index contributed by atoms with van der Waals surface area (Å²) in [6.45, 7) is 4.18. The molecule has 0 heterocycles. The van der Waals surface area contributed by atoms with Crippen LogP contribution in [0.4, 0.5) is 0 Å². The Labute approximate surface area is 253 Å². The molecule has 0 aliphatic rings. The van der Waals surface area contributed by atoms with E-state index >= 15 is 0 Å². The Kier molecular flexibility index (Phi) is 35.4. The summed E-state index contributed by atoms with van der Waals surface area (Å²) >= 11 is 14.8. The van der Waals surface area contributed by atoms with Gasteiger partial charge in [0.25, 0.3) is 0 Å². The molecule has 0 bridgehead atoms. The Morgan fingerprint density at radius 1 is 0.816 bits per heavy atom. The number of carboxylic acid groups (broad SMARTS) is 3. The highest BCUT2D eigenvalue weighted by Crippen LogP contribution is 2.12. The van der Waals surface area contributed by atoms with Crippen LogP contribution in [-0.4, -0.2) is 56.3 Å². The average molecular weight is 660 g/mol. The molecule has 0 amide bonds. The van der Waals surface area contributed by atoms with Gasteiger partial charge in [-0.2, -0.15) is 24.4 Å². The van der Waals surface area contributed by atoms with E-state index in [4.69, 9.17) is 26.9 Å². The summed E-state index contributed by atoms with van der Waals surface area (Å²) in [4.78, 5) is 29.9. The van der Waals surface area contributed by atoms with Gasteiger partial charge in [-0.15, -0.1) is 11.6 Å². The van der Waals surface area contributed by atoms with E-state index in [-0.39, 0.29) is 0 Å². The van der Waals surface area contributed by atoms with E-state index in [1.54, 1.807) is 0 Å². The topological polar surface area (TPSA) is 112 Å². The van der Waals surface area contributed by atoms with Gasteiger partial charge >= 0.3 is 17.9 Å². The largest absolute Gasteiger partial charge is 0.481 e. The van der Waals surface area contributed by atoms with Crippen molar-refractivity contribution in [3.8, 4) is 0 Å². The zero-order valence-electron chi connectivity index (χ0n) is 23.2. The van der Waals surface area contributed by atoms with Gasteiger partial charge in [0.05, 0.1) is 0 Å². The first-order valence-corrected chi connectivity index (χ1v) is 16.7. The summed E-state index contributed by atoms with van der Waals surface area (Å²) in [6, 6.07) is 6.32. The minimum absolute atomic E-state index is 0.299. The van der Waals surface area contributed by atoms with Gasteiger partial charge in [0.15, 0.2) is 0 Å². The van der Waals surface area contributed by atoms with Gasteiger partial charge in [-0.1, -0.05) is 59.0 Å². The molecule has 0 aromatic heterocycles. The van der Waals surface area contributed by atoms with Crippen LogP contribution in [0.5, 0.6) is 0 Å². The first kappa shape index (κ1) is 41.6. The molecule has 0 aliphatic carbocycles. The van der Waals surface area contributed by atoms with Crippen molar-refractivity contribution in [2.75, 3.05) is 23.1 Å². The molecule has 0 saturated carbocycles. The molecule has 0 aliphatic heterocycles. The fourth-order valence-corrected chi connectivity index (χ4v) is 4.22. The fourth-order valence-electron chi connectivity index (χ4n) is 2.81. The lowest BCUT2D eigenvalue weighted by Crippen LogP contribution is -1.93. The van der Waals surface area contributed by atoms with Crippen molar-refractivity contribution in [1.29, 1.82) is 0 Å². The molecule has 0 saturated heterocycles. The van der Waals surface area contributed by atoms with Crippen LogP contribution in [-0.2, 0) is 20.3 Å². The van der Waals surface area contributed by atoms with Crippen molar-refractivity contribution in [1.82, 2.24) is 0 Å². The Balaban J connectivity index is -0.000000431. The fraction of sp³-hybridized carbons (Fsp3) is 0.679. The quantitative estimate of drug-likeness (QED) is 0.0752. The first-order chi connectivity index (χ1) is 18.0. The molecule has 0 unspecified atom stereocenters. The number of carbonyl (C=O) groups is 3. The molecular formula is C28H48BrClO6S2. The van der Waals surface area contributed by atoms with Gasteiger partial charge in [0, 0.05) is 30.5 Å². The smallest absolute Gasteiger partial charge is 0.303 e. The lowest BCUT2D eigenvalue weighted by atomic mass is 10.1. The number of alkyl halides is 2. The maximum atomic E-state index is 10.0. The summed E-state index contributed by atoms with van der Waals surface area (Å²) in [6.07, 6.45) is 11.7. The second kappa shape index (κ2) is 32.3. The van der Waals surface area contributed by atoms with E-state index < -0.39 is 17.9 Å². The highest BCUT2D eigenvalue weighted by Gasteiger charge is 1.96. The molecule has 222 valence electrons. The third-order valence-corrected chi connectivity index (χ3v) is 6.82. The lowest BCUT2D eigenvalue weighted by molar-refractivity contribution is -0.138. The SMILES string of the molecule is CSCCCCCC(=O)O.Cc1ccc(CCl)c(C)c1.O=C(O)CCCCCBr.O=C(O)CCCCCS. The van der Waals surface area contributed by atoms with Crippen LogP contribution in [0.2, 0.25) is 0 Å². The van der Waals surface area contributed by atoms with Crippen LogP contribution in [0, 0.1) is 13.8 Å². The van der Waals surface area contributed by atoms with Crippen molar-refractivity contribution < 1.29 is 29.7 Å². The number of rotatable bonds is 17. The lowest BCUT2D eigenvalue weighted by Gasteiger charge is -2.01. The zero-order chi connectivity index (χ0) is 29.6. The minimum Gasteiger partial charge on any atom is -0.481 e. The molecular weight excluding hydrogens is 612 g/mol. The number of carboxylic acids is 3. The third-order valence-electron chi connectivity index (χ3n) is 4.95. The number of unbranched alkanes of at least 4 members (excludes halogenated alkanes) is 6. The molecule has 0 spiro atoms. The molecule has 0 atom stereocenters. The van der Waals surface area contributed by atoms with Crippen molar-refractivity contribution in [3.63, 3.8) is 0 Å². The van der Waals surface area contributed by atoms with E-state index in [1.807, 2.05) is 11.8 Å². The van der Waals surface area contributed by atoms with Gasteiger partial charge in [0.2, 0.25) is 0 Å². The van der Waals surface area contributed by atoms with Crippen molar-refractivity contribution >= 4 is 69.8 Å². The van der Waals surface area contributed by atoms with Crippen LogP contribution in [0.25, 0.3) is 0 Å². The summed E-state index contributed by atoms with van der Waals surface area (Å²) in [5.41, 5.74) is 3.81. The predicted molar refractivity (Wildman–Crippen MR) is 170 cm³/mol. The summed E-state index contributed by atoms with van der Waals surface area (Å²) in [5, 5.41) is 25.6. The molecule has 1 aromatic carbocycles. The van der Waals surface area contributed by atoms with Gasteiger partial charge in [-0.25, -0.2) is 0 Å². The molecule has 1 aromatic rings. The number of thiol groups is 1. The number of hydrogen-bond donors (Lipinski definition) is 4. The third kappa shape index (κ3) is 37.3. The molecule has 10 heteroatoms. The minimum atomic E-state index is -0.700. The number of hydrogen-bond acceptors (Lipinski definition) is 5. The number of benzene rings is 1. The van der Waals surface area contributed by atoms with Crippen LogP contribution in [0.3, 0.4) is 0 Å². The van der Waals surface area contributed by atoms with Gasteiger partial charge < -0.3 is 15.3 Å². The number of halogens is 2. The van der Waals surface area contributed by atoms with Crippen molar-refractivity contribution in [2.24, 2.45) is 0 Å².